The number of benzene rings is 1. The molecule has 0 radical (unpaired) electrons. The van der Waals surface area contributed by atoms with E-state index in [4.69, 9.17) is 5.11 Å². The number of non-ortho nitro benzene ring substituents is 1. The zero-order valence-electron chi connectivity index (χ0n) is 13.8. The van der Waals surface area contributed by atoms with Gasteiger partial charge in [-0.1, -0.05) is 13.0 Å². The molecule has 25 heavy (non-hydrogen) atoms. The molecule has 1 heterocycles. The Bertz CT molecular complexity index is 720. The first-order valence-corrected chi connectivity index (χ1v) is 7.77. The molecule has 0 aromatic heterocycles. The fraction of sp³-hybridized carbons (Fsp3) is 0.438. The number of carbonyl (C=O) groups is 3. The number of nitro benzene ring substituents is 1. The van der Waals surface area contributed by atoms with Crippen molar-refractivity contribution in [2.45, 2.75) is 19.9 Å². The van der Waals surface area contributed by atoms with Crippen molar-refractivity contribution in [2.24, 2.45) is 11.8 Å². The van der Waals surface area contributed by atoms with Crippen molar-refractivity contribution in [3.63, 3.8) is 0 Å². The van der Waals surface area contributed by atoms with Crippen LogP contribution in [-0.2, 0) is 9.59 Å². The number of hydrogen-bond acceptors (Lipinski definition) is 5. The molecular formula is C16H19N3O6. The Labute approximate surface area is 143 Å². The number of nitrogens with zero attached hydrogens (tertiary/aromatic N) is 2. The lowest BCUT2D eigenvalue weighted by Crippen LogP contribution is -2.46. The summed E-state index contributed by atoms with van der Waals surface area (Å²) in [7, 11) is 0. The molecule has 0 aliphatic carbocycles. The van der Waals surface area contributed by atoms with Gasteiger partial charge in [0.15, 0.2) is 0 Å². The number of carbonyl (C=O) groups excluding carboxylic acids is 2. The molecular weight excluding hydrogens is 330 g/mol. The molecule has 1 saturated heterocycles. The Kier molecular flexibility index (Phi) is 5.35. The summed E-state index contributed by atoms with van der Waals surface area (Å²) in [5.74, 6) is -2.72. The monoisotopic (exact) mass is 349 g/mol. The second kappa shape index (κ2) is 7.29. The largest absolute Gasteiger partial charge is 0.481 e. The summed E-state index contributed by atoms with van der Waals surface area (Å²) in [6.45, 7) is 3.67. The highest BCUT2D eigenvalue weighted by Crippen LogP contribution is 2.23. The van der Waals surface area contributed by atoms with Crippen LogP contribution in [0.25, 0.3) is 0 Å². The summed E-state index contributed by atoms with van der Waals surface area (Å²) in [4.78, 5) is 47.3. The van der Waals surface area contributed by atoms with E-state index in [2.05, 4.69) is 5.32 Å². The second-order valence-corrected chi connectivity index (χ2v) is 6.17. The zero-order valence-corrected chi connectivity index (χ0v) is 13.8. The predicted molar refractivity (Wildman–Crippen MR) is 86.9 cm³/mol. The van der Waals surface area contributed by atoms with Gasteiger partial charge in [-0.15, -0.1) is 0 Å². The highest BCUT2D eigenvalue weighted by Gasteiger charge is 2.38. The van der Waals surface area contributed by atoms with Gasteiger partial charge in [0.05, 0.1) is 10.8 Å². The van der Waals surface area contributed by atoms with E-state index in [-0.39, 0.29) is 29.6 Å². The van der Waals surface area contributed by atoms with E-state index in [1.54, 1.807) is 6.92 Å². The zero-order chi connectivity index (χ0) is 18.7. The van der Waals surface area contributed by atoms with E-state index in [9.17, 15) is 24.5 Å². The fourth-order valence-electron chi connectivity index (χ4n) is 2.84. The van der Waals surface area contributed by atoms with Crippen LogP contribution in [0, 0.1) is 22.0 Å². The third-order valence-electron chi connectivity index (χ3n) is 4.28. The van der Waals surface area contributed by atoms with E-state index in [0.717, 1.165) is 6.07 Å². The lowest BCUT2D eigenvalue weighted by atomic mass is 9.99. The molecule has 0 spiro atoms. The number of nitrogens with one attached hydrogen (secondary N) is 1. The van der Waals surface area contributed by atoms with Crippen molar-refractivity contribution in [3.8, 4) is 0 Å². The van der Waals surface area contributed by atoms with Gasteiger partial charge in [0.1, 0.15) is 6.04 Å². The normalized spacial score (nSPS) is 20.8. The standard InChI is InChI=1S/C16H19N3O6/c1-9-7-18(8-13(9)16(22)23)15(21)10(2)17-14(20)11-4-3-5-12(6-11)19(24)25/h3-6,9-10,13H,7-8H2,1-2H3,(H,17,20)(H,22,23)/t9-,10?,13-/m1/s1. The van der Waals surface area contributed by atoms with Crippen molar-refractivity contribution >= 4 is 23.5 Å². The van der Waals surface area contributed by atoms with E-state index < -0.39 is 28.8 Å². The summed E-state index contributed by atoms with van der Waals surface area (Å²) in [5.41, 5.74) is -0.142. The average molecular weight is 349 g/mol. The van der Waals surface area contributed by atoms with Gasteiger partial charge in [0, 0.05) is 30.8 Å². The van der Waals surface area contributed by atoms with Crippen molar-refractivity contribution in [1.29, 1.82) is 0 Å². The molecule has 1 aromatic rings. The number of carboxylic acids is 1. The molecule has 9 nitrogen and oxygen atoms in total. The first-order valence-electron chi connectivity index (χ1n) is 7.77. The SMILES string of the molecule is CC(NC(=O)c1cccc([N+](=O)[O-])c1)C(=O)N1C[C@@H](C)[C@H](C(=O)O)C1. The van der Waals surface area contributed by atoms with Crippen molar-refractivity contribution in [3.05, 3.63) is 39.9 Å². The van der Waals surface area contributed by atoms with Gasteiger partial charge in [0.2, 0.25) is 5.91 Å². The Balaban J connectivity index is 2.02. The van der Waals surface area contributed by atoms with Crippen LogP contribution in [0.5, 0.6) is 0 Å². The van der Waals surface area contributed by atoms with Crippen LogP contribution < -0.4 is 5.32 Å². The summed E-state index contributed by atoms with van der Waals surface area (Å²) >= 11 is 0. The number of hydrogen-bond donors (Lipinski definition) is 2. The Morgan fingerprint density at radius 1 is 1.36 bits per heavy atom. The van der Waals surface area contributed by atoms with Gasteiger partial charge < -0.3 is 15.3 Å². The van der Waals surface area contributed by atoms with Crippen molar-refractivity contribution < 1.29 is 24.4 Å². The topological polar surface area (TPSA) is 130 Å². The molecule has 2 N–H and O–H groups in total. The number of carboxylic acid groups (broad SMARTS) is 1. The van der Waals surface area contributed by atoms with Crippen molar-refractivity contribution in [1.82, 2.24) is 10.2 Å². The first kappa shape index (κ1) is 18.4. The number of rotatable bonds is 5. The number of nitro groups is 1. The third kappa shape index (κ3) is 4.11. The predicted octanol–water partition coefficient (Wildman–Crippen LogP) is 0.892. The van der Waals surface area contributed by atoms with Gasteiger partial charge in [0.25, 0.3) is 11.6 Å². The third-order valence-corrected chi connectivity index (χ3v) is 4.28. The maximum atomic E-state index is 12.4. The van der Waals surface area contributed by atoms with Crippen LogP contribution >= 0.6 is 0 Å². The highest BCUT2D eigenvalue weighted by molar-refractivity contribution is 5.98. The minimum absolute atomic E-state index is 0.0760. The maximum Gasteiger partial charge on any atom is 0.308 e. The second-order valence-electron chi connectivity index (χ2n) is 6.17. The van der Waals surface area contributed by atoms with Crippen LogP contribution in [0.4, 0.5) is 5.69 Å². The summed E-state index contributed by atoms with van der Waals surface area (Å²) in [5, 5.41) is 22.4. The lowest BCUT2D eigenvalue weighted by Gasteiger charge is -2.21. The molecule has 3 atom stereocenters. The molecule has 1 aromatic carbocycles. The first-order chi connectivity index (χ1) is 11.7. The van der Waals surface area contributed by atoms with E-state index in [0.29, 0.717) is 6.54 Å². The van der Waals surface area contributed by atoms with Crippen LogP contribution in [0.1, 0.15) is 24.2 Å². The van der Waals surface area contributed by atoms with Gasteiger partial charge in [-0.25, -0.2) is 0 Å². The van der Waals surface area contributed by atoms with Gasteiger partial charge in [-0.3, -0.25) is 24.5 Å². The highest BCUT2D eigenvalue weighted by atomic mass is 16.6. The van der Waals surface area contributed by atoms with Crippen molar-refractivity contribution in [2.75, 3.05) is 13.1 Å². The number of amides is 2. The van der Waals surface area contributed by atoms with Crippen LogP contribution in [0.3, 0.4) is 0 Å². The molecule has 0 bridgehead atoms. The molecule has 1 aliphatic heterocycles. The summed E-state index contributed by atoms with van der Waals surface area (Å²) < 4.78 is 0. The van der Waals surface area contributed by atoms with Gasteiger partial charge >= 0.3 is 5.97 Å². The number of likely N-dealkylation sites (tertiary alicyclic amines) is 1. The molecule has 134 valence electrons. The van der Waals surface area contributed by atoms with E-state index in [1.807, 2.05) is 0 Å². The molecule has 1 unspecified atom stereocenters. The van der Waals surface area contributed by atoms with E-state index in [1.165, 1.54) is 30.0 Å². The molecule has 9 heteroatoms. The molecule has 1 aliphatic rings. The molecule has 2 rings (SSSR count). The van der Waals surface area contributed by atoms with Crippen LogP contribution in [-0.4, -0.2) is 51.8 Å². The summed E-state index contributed by atoms with van der Waals surface area (Å²) in [6.07, 6.45) is 0. The fourth-order valence-corrected chi connectivity index (χ4v) is 2.84. The quantitative estimate of drug-likeness (QED) is 0.600. The van der Waals surface area contributed by atoms with Crippen LogP contribution in [0.15, 0.2) is 24.3 Å². The van der Waals surface area contributed by atoms with E-state index >= 15 is 0 Å². The Hall–Kier alpha value is -2.97. The maximum absolute atomic E-state index is 12.4. The molecule has 1 fully saturated rings. The number of aliphatic carboxylic acids is 1. The minimum Gasteiger partial charge on any atom is -0.481 e. The van der Waals surface area contributed by atoms with Gasteiger partial charge in [-0.05, 0) is 18.9 Å². The Morgan fingerprint density at radius 2 is 2.04 bits per heavy atom. The summed E-state index contributed by atoms with van der Waals surface area (Å²) in [6, 6.07) is 4.33. The lowest BCUT2D eigenvalue weighted by molar-refractivity contribution is -0.384. The smallest absolute Gasteiger partial charge is 0.308 e. The minimum atomic E-state index is -0.948. The average Bonchev–Trinajstić information content (AvgIpc) is 2.96. The Morgan fingerprint density at radius 3 is 2.60 bits per heavy atom. The molecule has 2 amide bonds. The molecule has 0 saturated carbocycles. The van der Waals surface area contributed by atoms with Crippen LogP contribution in [0.2, 0.25) is 0 Å². The van der Waals surface area contributed by atoms with Gasteiger partial charge in [-0.2, -0.15) is 0 Å².